The van der Waals surface area contributed by atoms with E-state index in [1.807, 2.05) is 66.7 Å². The maximum Gasteiger partial charge on any atom is 0.255 e. The molecule has 1 amide bonds. The molecule has 2 aliphatic rings. The molecule has 2 aliphatic heterocycles. The SMILES string of the molecule is COc1cc(C2NC(=O)c3ccccc3N2)ccc1OCCCCCOc1cc(C2=NOC(c3cc(OC)c(OC)c(OC)c3)C2)ccc1OC. The number of amides is 1. The fraction of sp³-hybridized carbons (Fsp3) is 0.333. The van der Waals surface area contributed by atoms with Gasteiger partial charge in [-0.1, -0.05) is 23.4 Å². The number of para-hydroxylation sites is 1. The summed E-state index contributed by atoms with van der Waals surface area (Å²) in [5.74, 6) is 4.05. The maximum absolute atomic E-state index is 12.6. The minimum absolute atomic E-state index is 0.121. The van der Waals surface area contributed by atoms with E-state index in [4.69, 9.17) is 38.0 Å². The Hall–Kier alpha value is -5.78. The molecule has 0 saturated carbocycles. The third kappa shape index (κ3) is 7.85. The highest BCUT2D eigenvalue weighted by molar-refractivity contribution is 6.02. The number of ether oxygens (including phenoxy) is 7. The van der Waals surface area contributed by atoms with E-state index in [1.165, 1.54) is 0 Å². The summed E-state index contributed by atoms with van der Waals surface area (Å²) in [5.41, 5.74) is 4.83. The number of rotatable bonds is 16. The summed E-state index contributed by atoms with van der Waals surface area (Å²) in [6, 6.07) is 22.6. The molecule has 2 unspecified atom stereocenters. The Labute approximate surface area is 297 Å². The number of hydrogen-bond donors (Lipinski definition) is 2. The molecule has 0 aliphatic carbocycles. The number of carbonyl (C=O) groups excluding carboxylic acids is 1. The summed E-state index contributed by atoms with van der Waals surface area (Å²) in [5, 5.41) is 10.8. The number of nitrogens with one attached hydrogen (secondary N) is 2. The van der Waals surface area contributed by atoms with Gasteiger partial charge in [0.05, 0.1) is 60.0 Å². The molecule has 51 heavy (non-hydrogen) atoms. The Morgan fingerprint density at radius 3 is 2.04 bits per heavy atom. The Morgan fingerprint density at radius 1 is 0.667 bits per heavy atom. The molecule has 4 aromatic rings. The van der Waals surface area contributed by atoms with Crippen LogP contribution in [-0.4, -0.2) is 60.4 Å². The third-order valence-electron chi connectivity index (χ3n) is 8.80. The predicted octanol–water partition coefficient (Wildman–Crippen LogP) is 7.08. The van der Waals surface area contributed by atoms with Gasteiger partial charge < -0.3 is 48.6 Å². The zero-order valence-electron chi connectivity index (χ0n) is 29.4. The number of hydrogen-bond acceptors (Lipinski definition) is 11. The molecule has 0 fully saturated rings. The molecule has 4 aromatic carbocycles. The number of nitrogens with zero attached hydrogens (tertiary/aromatic N) is 1. The van der Waals surface area contributed by atoms with Gasteiger partial charge in [0.15, 0.2) is 40.6 Å². The summed E-state index contributed by atoms with van der Waals surface area (Å²) in [4.78, 5) is 18.4. The zero-order valence-corrected chi connectivity index (χ0v) is 29.4. The first-order valence-corrected chi connectivity index (χ1v) is 16.8. The number of oxime groups is 1. The molecule has 0 saturated heterocycles. The minimum Gasteiger partial charge on any atom is -0.493 e. The fourth-order valence-corrected chi connectivity index (χ4v) is 6.09. The van der Waals surface area contributed by atoms with Gasteiger partial charge in [0, 0.05) is 23.2 Å². The molecule has 0 bridgehead atoms. The molecule has 6 rings (SSSR count). The van der Waals surface area contributed by atoms with Gasteiger partial charge in [0.2, 0.25) is 5.75 Å². The first-order valence-electron chi connectivity index (χ1n) is 16.8. The molecular weight excluding hydrogens is 654 g/mol. The summed E-state index contributed by atoms with van der Waals surface area (Å²) >= 11 is 0. The Morgan fingerprint density at radius 2 is 1.33 bits per heavy atom. The van der Waals surface area contributed by atoms with Crippen molar-refractivity contribution < 1.29 is 42.8 Å². The van der Waals surface area contributed by atoms with E-state index in [2.05, 4.69) is 15.8 Å². The minimum atomic E-state index is -0.375. The van der Waals surface area contributed by atoms with Crippen LogP contribution in [0.1, 0.15) is 65.0 Å². The number of methoxy groups -OCH3 is 5. The van der Waals surface area contributed by atoms with E-state index in [9.17, 15) is 4.79 Å². The molecule has 2 atom stereocenters. The van der Waals surface area contributed by atoms with Crippen LogP contribution in [0.3, 0.4) is 0 Å². The van der Waals surface area contributed by atoms with Crippen molar-refractivity contribution in [3.63, 3.8) is 0 Å². The van der Waals surface area contributed by atoms with Crippen LogP contribution in [-0.2, 0) is 4.84 Å². The Balaban J connectivity index is 0.978. The second-order valence-electron chi connectivity index (χ2n) is 11.9. The van der Waals surface area contributed by atoms with Gasteiger partial charge in [0.1, 0.15) is 6.17 Å². The standard InChI is InChI=1S/C39H43N3O9/c1-44-30-15-13-24(29-23-32(51-42-29)26-21-35(46-3)37(48-5)36(22-26)47-4)19-34(30)50-18-10-6-9-17-49-31-16-14-25(20-33(31)45-2)38-40-28-12-8-7-11-27(28)39(43)41-38/h7-8,11-16,19-22,32,38,40H,6,9-10,17-18,23H2,1-5H3,(H,41,43). The van der Waals surface area contributed by atoms with E-state index in [-0.39, 0.29) is 18.2 Å². The molecule has 12 nitrogen and oxygen atoms in total. The largest absolute Gasteiger partial charge is 0.493 e. The Kier molecular flexibility index (Phi) is 11.2. The highest BCUT2D eigenvalue weighted by Crippen LogP contribution is 2.42. The first kappa shape index (κ1) is 35.1. The molecule has 0 aromatic heterocycles. The first-order chi connectivity index (χ1) is 25.0. The molecule has 0 radical (unpaired) electrons. The van der Waals surface area contributed by atoms with Gasteiger partial charge in [0.25, 0.3) is 5.91 Å². The van der Waals surface area contributed by atoms with Crippen molar-refractivity contribution >= 4 is 17.3 Å². The number of carbonyl (C=O) groups is 1. The van der Waals surface area contributed by atoms with Crippen LogP contribution in [0.15, 0.2) is 78.0 Å². The highest BCUT2D eigenvalue weighted by Gasteiger charge is 2.28. The normalized spacial score (nSPS) is 16.1. The second-order valence-corrected chi connectivity index (χ2v) is 11.9. The average molecular weight is 698 g/mol. The number of unbranched alkanes of at least 4 members (excludes halogenated alkanes) is 2. The number of anilines is 1. The molecule has 268 valence electrons. The lowest BCUT2D eigenvalue weighted by atomic mass is 9.99. The smallest absolute Gasteiger partial charge is 0.255 e. The van der Waals surface area contributed by atoms with Gasteiger partial charge in [-0.05, 0) is 79.4 Å². The highest BCUT2D eigenvalue weighted by atomic mass is 16.6. The quantitative estimate of drug-likeness (QED) is 0.117. The van der Waals surface area contributed by atoms with E-state index in [0.717, 1.165) is 47.4 Å². The lowest BCUT2D eigenvalue weighted by Crippen LogP contribution is -2.38. The van der Waals surface area contributed by atoms with Crippen molar-refractivity contribution in [3.8, 4) is 40.2 Å². The summed E-state index contributed by atoms with van der Waals surface area (Å²) < 4.78 is 39.9. The van der Waals surface area contributed by atoms with E-state index < -0.39 is 0 Å². The van der Waals surface area contributed by atoms with Crippen molar-refractivity contribution in [3.05, 3.63) is 95.1 Å². The van der Waals surface area contributed by atoms with Crippen molar-refractivity contribution in [1.29, 1.82) is 0 Å². The van der Waals surface area contributed by atoms with Gasteiger partial charge in [-0.3, -0.25) is 4.79 Å². The predicted molar refractivity (Wildman–Crippen MR) is 192 cm³/mol. The van der Waals surface area contributed by atoms with Gasteiger partial charge in [-0.2, -0.15) is 0 Å². The van der Waals surface area contributed by atoms with Crippen molar-refractivity contribution in [1.82, 2.24) is 5.32 Å². The second kappa shape index (κ2) is 16.3. The van der Waals surface area contributed by atoms with Gasteiger partial charge >= 0.3 is 0 Å². The average Bonchev–Trinajstić information content (AvgIpc) is 3.67. The zero-order chi connectivity index (χ0) is 35.7. The van der Waals surface area contributed by atoms with Crippen LogP contribution in [0.25, 0.3) is 0 Å². The van der Waals surface area contributed by atoms with Crippen LogP contribution in [0.5, 0.6) is 40.2 Å². The van der Waals surface area contributed by atoms with Crippen LogP contribution in [0, 0.1) is 0 Å². The van der Waals surface area contributed by atoms with E-state index in [0.29, 0.717) is 65.4 Å². The van der Waals surface area contributed by atoms with Crippen LogP contribution in [0.4, 0.5) is 5.69 Å². The summed E-state index contributed by atoms with van der Waals surface area (Å²) in [7, 11) is 7.97. The van der Waals surface area contributed by atoms with Gasteiger partial charge in [-0.25, -0.2) is 0 Å². The van der Waals surface area contributed by atoms with Crippen LogP contribution < -0.4 is 43.8 Å². The molecular formula is C39H43N3O9. The monoisotopic (exact) mass is 697 g/mol. The fourth-order valence-electron chi connectivity index (χ4n) is 6.09. The maximum atomic E-state index is 12.6. The van der Waals surface area contributed by atoms with Gasteiger partial charge in [-0.15, -0.1) is 0 Å². The summed E-state index contributed by atoms with van der Waals surface area (Å²) in [6.45, 7) is 1.03. The lowest BCUT2D eigenvalue weighted by Gasteiger charge is -2.28. The van der Waals surface area contributed by atoms with E-state index in [1.54, 1.807) is 41.6 Å². The van der Waals surface area contributed by atoms with Crippen LogP contribution in [0.2, 0.25) is 0 Å². The lowest BCUT2D eigenvalue weighted by molar-refractivity contribution is 0.0853. The molecule has 2 N–H and O–H groups in total. The molecule has 0 spiro atoms. The topological polar surface area (TPSA) is 127 Å². The Bertz CT molecular complexity index is 1850. The van der Waals surface area contributed by atoms with E-state index >= 15 is 0 Å². The van der Waals surface area contributed by atoms with Crippen molar-refractivity contribution in [2.24, 2.45) is 5.16 Å². The summed E-state index contributed by atoms with van der Waals surface area (Å²) in [6.07, 6.45) is 2.43. The molecule has 12 heteroatoms. The van der Waals surface area contributed by atoms with Crippen molar-refractivity contribution in [2.75, 3.05) is 54.1 Å². The van der Waals surface area contributed by atoms with Crippen LogP contribution >= 0.6 is 0 Å². The number of fused-ring (bicyclic) bond motifs is 1. The molecule has 2 heterocycles. The third-order valence-corrected chi connectivity index (χ3v) is 8.80. The van der Waals surface area contributed by atoms with Crippen molar-refractivity contribution in [2.45, 2.75) is 38.0 Å². The number of benzene rings is 4.